The van der Waals surface area contributed by atoms with Gasteiger partial charge in [-0.25, -0.2) is 0 Å². The van der Waals surface area contributed by atoms with Gasteiger partial charge in [0.25, 0.3) is 0 Å². The first-order valence-corrected chi connectivity index (χ1v) is 10.5. The van der Waals surface area contributed by atoms with Gasteiger partial charge in [-0.05, 0) is 54.6 Å². The summed E-state index contributed by atoms with van der Waals surface area (Å²) in [5.74, 6) is 0. The van der Waals surface area contributed by atoms with Crippen molar-refractivity contribution in [3.63, 3.8) is 0 Å². The van der Waals surface area contributed by atoms with Crippen molar-refractivity contribution < 1.29 is 0 Å². The number of hydrogen-bond acceptors (Lipinski definition) is 4. The summed E-state index contributed by atoms with van der Waals surface area (Å²) in [5.41, 5.74) is 5.43. The molecule has 0 aliphatic heterocycles. The van der Waals surface area contributed by atoms with Crippen LogP contribution in [0.25, 0.3) is 10.9 Å². The zero-order valence-corrected chi connectivity index (χ0v) is 18.2. The van der Waals surface area contributed by atoms with E-state index in [-0.39, 0.29) is 0 Å². The van der Waals surface area contributed by atoms with Crippen molar-refractivity contribution in [3.8, 4) is 0 Å². The molecule has 6 heteroatoms. The van der Waals surface area contributed by atoms with E-state index in [4.69, 9.17) is 23.2 Å². The Bertz CT molecular complexity index is 1150. The van der Waals surface area contributed by atoms with Crippen LogP contribution in [0.1, 0.15) is 16.8 Å². The maximum atomic E-state index is 6.09. The first-order chi connectivity index (χ1) is 14.6. The van der Waals surface area contributed by atoms with Crippen molar-refractivity contribution in [2.75, 3.05) is 12.4 Å². The van der Waals surface area contributed by atoms with E-state index in [9.17, 15) is 0 Å². The minimum atomic E-state index is 0.659. The van der Waals surface area contributed by atoms with E-state index >= 15 is 0 Å². The molecule has 0 fully saturated rings. The van der Waals surface area contributed by atoms with Gasteiger partial charge in [0.2, 0.25) is 0 Å². The van der Waals surface area contributed by atoms with Crippen LogP contribution in [0.4, 0.5) is 5.69 Å². The van der Waals surface area contributed by atoms with Gasteiger partial charge in [-0.15, -0.1) is 0 Å². The highest BCUT2D eigenvalue weighted by molar-refractivity contribution is 6.31. The Balaban J connectivity index is 1.40. The summed E-state index contributed by atoms with van der Waals surface area (Å²) in [6, 6.07) is 20.2. The van der Waals surface area contributed by atoms with Gasteiger partial charge in [0, 0.05) is 48.1 Å². The molecular weight excluding hydrogens is 415 g/mol. The molecule has 0 aliphatic rings. The number of aromatic nitrogens is 2. The maximum absolute atomic E-state index is 6.09. The van der Waals surface area contributed by atoms with Crippen molar-refractivity contribution in [3.05, 3.63) is 99.9 Å². The molecule has 4 nitrogen and oxygen atoms in total. The molecule has 152 valence electrons. The van der Waals surface area contributed by atoms with E-state index < -0.39 is 0 Å². The lowest BCUT2D eigenvalue weighted by Gasteiger charge is -2.17. The number of hydrogen-bond donors (Lipinski definition) is 1. The molecule has 2 heterocycles. The Morgan fingerprint density at radius 3 is 2.53 bits per heavy atom. The van der Waals surface area contributed by atoms with Gasteiger partial charge >= 0.3 is 0 Å². The van der Waals surface area contributed by atoms with Crippen LogP contribution in [-0.4, -0.2) is 21.9 Å². The molecule has 0 amide bonds. The maximum Gasteiger partial charge on any atom is 0.0737 e. The van der Waals surface area contributed by atoms with Gasteiger partial charge < -0.3 is 5.32 Å². The summed E-state index contributed by atoms with van der Waals surface area (Å²) >= 11 is 12.0. The van der Waals surface area contributed by atoms with Crippen LogP contribution in [0.15, 0.2) is 73.1 Å². The number of pyridine rings is 2. The molecule has 2 aromatic carbocycles. The second-order valence-corrected chi connectivity index (χ2v) is 8.21. The van der Waals surface area contributed by atoms with E-state index in [0.717, 1.165) is 41.9 Å². The second-order valence-electron chi connectivity index (χ2n) is 7.33. The lowest BCUT2D eigenvalue weighted by Crippen LogP contribution is -2.18. The highest BCUT2D eigenvalue weighted by Crippen LogP contribution is 2.25. The van der Waals surface area contributed by atoms with Gasteiger partial charge in [0.1, 0.15) is 0 Å². The Labute approximate surface area is 186 Å². The minimum Gasteiger partial charge on any atom is -0.380 e. The van der Waals surface area contributed by atoms with Crippen LogP contribution in [0.2, 0.25) is 10.0 Å². The molecule has 4 aromatic rings. The predicted molar refractivity (Wildman–Crippen MR) is 125 cm³/mol. The van der Waals surface area contributed by atoms with Crippen LogP contribution in [0.3, 0.4) is 0 Å². The van der Waals surface area contributed by atoms with Gasteiger partial charge in [-0.1, -0.05) is 47.5 Å². The molecule has 0 saturated carbocycles. The monoisotopic (exact) mass is 436 g/mol. The van der Waals surface area contributed by atoms with E-state index in [0.29, 0.717) is 10.0 Å². The van der Waals surface area contributed by atoms with E-state index in [1.54, 1.807) is 12.4 Å². The SMILES string of the molecule is CN(Cc1cccc(CNc2ccnc3cc(Cl)ccc23)c1)Cc1ccc(Cl)cn1. The molecule has 0 radical (unpaired) electrons. The molecule has 0 spiro atoms. The second kappa shape index (κ2) is 9.43. The molecule has 2 aromatic heterocycles. The molecule has 0 atom stereocenters. The first kappa shape index (κ1) is 20.6. The molecule has 0 aliphatic carbocycles. The third-order valence-corrected chi connectivity index (χ3v) is 5.31. The predicted octanol–water partition coefficient (Wildman–Crippen LogP) is 6.18. The van der Waals surface area contributed by atoms with Crippen molar-refractivity contribution in [1.29, 1.82) is 0 Å². The first-order valence-electron chi connectivity index (χ1n) is 9.72. The molecule has 4 rings (SSSR count). The molecule has 1 N–H and O–H groups in total. The number of benzene rings is 2. The van der Waals surface area contributed by atoms with Gasteiger partial charge in [-0.3, -0.25) is 14.9 Å². The smallest absolute Gasteiger partial charge is 0.0737 e. The number of nitrogens with zero attached hydrogens (tertiary/aromatic N) is 3. The van der Waals surface area contributed by atoms with Gasteiger partial charge in [0.15, 0.2) is 0 Å². The number of fused-ring (bicyclic) bond motifs is 1. The van der Waals surface area contributed by atoms with Gasteiger partial charge in [0.05, 0.1) is 16.2 Å². The fourth-order valence-corrected chi connectivity index (χ4v) is 3.73. The van der Waals surface area contributed by atoms with E-state index in [1.165, 1.54) is 11.1 Å². The van der Waals surface area contributed by atoms with Crippen molar-refractivity contribution >= 4 is 39.8 Å². The zero-order valence-electron chi connectivity index (χ0n) is 16.6. The van der Waals surface area contributed by atoms with E-state index in [1.807, 2.05) is 36.4 Å². The topological polar surface area (TPSA) is 41.0 Å². The fraction of sp³-hybridized carbons (Fsp3) is 0.167. The highest BCUT2D eigenvalue weighted by atomic mass is 35.5. The van der Waals surface area contributed by atoms with Crippen LogP contribution in [-0.2, 0) is 19.6 Å². The Morgan fingerprint density at radius 1 is 0.867 bits per heavy atom. The summed E-state index contributed by atoms with van der Waals surface area (Å²) in [4.78, 5) is 11.0. The zero-order chi connectivity index (χ0) is 20.9. The Hall–Kier alpha value is -2.66. The summed E-state index contributed by atoms with van der Waals surface area (Å²) in [6.07, 6.45) is 3.49. The third-order valence-electron chi connectivity index (χ3n) is 4.85. The summed E-state index contributed by atoms with van der Waals surface area (Å²) in [6.45, 7) is 2.35. The van der Waals surface area contributed by atoms with Crippen molar-refractivity contribution in [2.45, 2.75) is 19.6 Å². The van der Waals surface area contributed by atoms with Crippen LogP contribution in [0, 0.1) is 0 Å². The standard InChI is InChI=1S/C24H22Cl2N4/c1-30(16-21-7-5-20(26)14-28-21)15-18-4-2-3-17(11-18)13-29-23-9-10-27-24-12-19(25)6-8-22(23)24/h2-12,14H,13,15-16H2,1H3,(H,27,29). The number of halogens is 2. The summed E-state index contributed by atoms with van der Waals surface area (Å²) in [5, 5.41) is 5.94. The Kier molecular flexibility index (Phi) is 6.48. The normalized spacial score (nSPS) is 11.2. The number of nitrogens with one attached hydrogen (secondary N) is 1. The number of rotatable bonds is 7. The minimum absolute atomic E-state index is 0.659. The third kappa shape index (κ3) is 5.28. The molecule has 0 unspecified atom stereocenters. The quantitative estimate of drug-likeness (QED) is 0.375. The number of anilines is 1. The molecular formula is C24H22Cl2N4. The van der Waals surface area contributed by atoms with Crippen molar-refractivity contribution in [2.24, 2.45) is 0 Å². The summed E-state index contributed by atoms with van der Waals surface area (Å²) < 4.78 is 0. The van der Waals surface area contributed by atoms with Crippen molar-refractivity contribution in [1.82, 2.24) is 14.9 Å². The fourth-order valence-electron chi connectivity index (χ4n) is 3.45. The highest BCUT2D eigenvalue weighted by Gasteiger charge is 2.06. The van der Waals surface area contributed by atoms with Crippen LogP contribution >= 0.6 is 23.2 Å². The molecule has 0 bridgehead atoms. The lowest BCUT2D eigenvalue weighted by molar-refractivity contribution is 0.315. The molecule has 0 saturated heterocycles. The average Bonchev–Trinajstić information content (AvgIpc) is 2.74. The molecule has 30 heavy (non-hydrogen) atoms. The van der Waals surface area contributed by atoms with E-state index in [2.05, 4.69) is 51.5 Å². The Morgan fingerprint density at radius 2 is 1.70 bits per heavy atom. The summed E-state index contributed by atoms with van der Waals surface area (Å²) in [7, 11) is 2.09. The lowest BCUT2D eigenvalue weighted by atomic mass is 10.1. The van der Waals surface area contributed by atoms with Gasteiger partial charge in [-0.2, -0.15) is 0 Å². The van der Waals surface area contributed by atoms with Crippen LogP contribution < -0.4 is 5.32 Å². The van der Waals surface area contributed by atoms with Crippen LogP contribution in [0.5, 0.6) is 0 Å². The largest absolute Gasteiger partial charge is 0.380 e. The average molecular weight is 437 g/mol.